The van der Waals surface area contributed by atoms with Crippen LogP contribution in [0, 0.1) is 0 Å². The zero-order valence-electron chi connectivity index (χ0n) is 11.5. The quantitative estimate of drug-likeness (QED) is 0.723. The topological polar surface area (TPSA) is 23.6 Å². The van der Waals surface area contributed by atoms with E-state index in [1.54, 1.807) is 4.90 Å². The van der Waals surface area contributed by atoms with Crippen molar-refractivity contribution in [3.63, 3.8) is 0 Å². The minimum atomic E-state index is -4.15. The normalized spacial score (nSPS) is 18.4. The molecule has 0 aliphatic carbocycles. The van der Waals surface area contributed by atoms with Crippen molar-refractivity contribution in [1.82, 2.24) is 9.80 Å². The molecule has 0 unspecified atom stereocenters. The molecule has 1 aliphatic rings. The van der Waals surface area contributed by atoms with Gasteiger partial charge in [-0.3, -0.25) is 9.69 Å². The molecule has 0 saturated carbocycles. The number of amides is 1. The van der Waals surface area contributed by atoms with E-state index in [-0.39, 0.29) is 5.91 Å². The van der Waals surface area contributed by atoms with Crippen molar-refractivity contribution >= 4 is 5.91 Å². The largest absolute Gasteiger partial charge is 0.401 e. The first-order chi connectivity index (χ1) is 8.92. The van der Waals surface area contributed by atoms with E-state index in [1.165, 1.54) is 4.90 Å². The lowest BCUT2D eigenvalue weighted by Crippen LogP contribution is -2.38. The Morgan fingerprint density at radius 3 is 2.47 bits per heavy atom. The van der Waals surface area contributed by atoms with Crippen molar-refractivity contribution < 1.29 is 18.0 Å². The maximum Gasteiger partial charge on any atom is 0.401 e. The highest BCUT2D eigenvalue weighted by molar-refractivity contribution is 5.76. The standard InChI is InChI=1S/C13H23F3N2O/c1-2-3-4-6-12(19)18-8-5-7-17(9-10-18)11-13(14,15)16/h2-11H2,1H3. The van der Waals surface area contributed by atoms with Crippen molar-refractivity contribution in [1.29, 1.82) is 0 Å². The summed E-state index contributed by atoms with van der Waals surface area (Å²) in [6.45, 7) is 2.94. The Balaban J connectivity index is 2.34. The number of carbonyl (C=O) groups is 1. The van der Waals surface area contributed by atoms with Gasteiger partial charge in [0.1, 0.15) is 0 Å². The summed E-state index contributed by atoms with van der Waals surface area (Å²) in [5.41, 5.74) is 0. The molecule has 1 amide bonds. The first-order valence-electron chi connectivity index (χ1n) is 6.99. The summed E-state index contributed by atoms with van der Waals surface area (Å²) in [7, 11) is 0. The molecule has 0 atom stereocenters. The number of rotatable bonds is 5. The number of nitrogens with zero attached hydrogens (tertiary/aromatic N) is 2. The van der Waals surface area contributed by atoms with Gasteiger partial charge in [-0.15, -0.1) is 0 Å². The molecule has 0 spiro atoms. The number of hydrogen-bond acceptors (Lipinski definition) is 2. The van der Waals surface area contributed by atoms with E-state index in [4.69, 9.17) is 0 Å². The van der Waals surface area contributed by atoms with Gasteiger partial charge in [0, 0.05) is 32.6 Å². The van der Waals surface area contributed by atoms with Crippen LogP contribution in [0.1, 0.15) is 39.0 Å². The van der Waals surface area contributed by atoms with E-state index in [9.17, 15) is 18.0 Å². The molecule has 0 radical (unpaired) electrons. The van der Waals surface area contributed by atoms with Crippen LogP contribution >= 0.6 is 0 Å². The monoisotopic (exact) mass is 280 g/mol. The lowest BCUT2D eigenvalue weighted by Gasteiger charge is -2.22. The minimum absolute atomic E-state index is 0.0855. The van der Waals surface area contributed by atoms with Crippen molar-refractivity contribution in [3.05, 3.63) is 0 Å². The molecule has 1 rings (SSSR count). The SMILES string of the molecule is CCCCCC(=O)N1CCCN(CC(F)(F)F)CC1. The fourth-order valence-electron chi connectivity index (χ4n) is 2.32. The second-order valence-corrected chi connectivity index (χ2v) is 5.08. The van der Waals surface area contributed by atoms with Gasteiger partial charge in [0.05, 0.1) is 6.54 Å². The van der Waals surface area contributed by atoms with Gasteiger partial charge in [-0.2, -0.15) is 13.2 Å². The maximum atomic E-state index is 12.3. The van der Waals surface area contributed by atoms with Crippen LogP contribution in [-0.4, -0.2) is 54.6 Å². The Morgan fingerprint density at radius 1 is 1.11 bits per heavy atom. The molecule has 0 aromatic rings. The summed E-state index contributed by atoms with van der Waals surface area (Å²) in [6.07, 6.45) is -0.0481. The molecule has 6 heteroatoms. The van der Waals surface area contributed by atoms with E-state index in [0.29, 0.717) is 39.0 Å². The van der Waals surface area contributed by atoms with Crippen LogP contribution in [0.25, 0.3) is 0 Å². The third kappa shape index (κ3) is 6.80. The Bertz CT molecular complexity index is 282. The van der Waals surface area contributed by atoms with Crippen LogP contribution in [0.4, 0.5) is 13.2 Å². The highest BCUT2D eigenvalue weighted by Crippen LogP contribution is 2.17. The summed E-state index contributed by atoms with van der Waals surface area (Å²) >= 11 is 0. The van der Waals surface area contributed by atoms with E-state index in [0.717, 1.165) is 19.3 Å². The van der Waals surface area contributed by atoms with Gasteiger partial charge in [0.15, 0.2) is 0 Å². The summed E-state index contributed by atoms with van der Waals surface area (Å²) in [4.78, 5) is 15.0. The Morgan fingerprint density at radius 2 is 1.84 bits per heavy atom. The molecule has 0 bridgehead atoms. The number of halogens is 3. The summed E-state index contributed by atoms with van der Waals surface area (Å²) in [5.74, 6) is 0.0855. The van der Waals surface area contributed by atoms with Gasteiger partial charge in [-0.25, -0.2) is 0 Å². The predicted molar refractivity (Wildman–Crippen MR) is 67.8 cm³/mol. The molecule has 0 aromatic heterocycles. The minimum Gasteiger partial charge on any atom is -0.341 e. The van der Waals surface area contributed by atoms with Crippen molar-refractivity contribution in [3.8, 4) is 0 Å². The maximum absolute atomic E-state index is 12.3. The molecular weight excluding hydrogens is 257 g/mol. The molecule has 0 N–H and O–H groups in total. The summed E-state index contributed by atoms with van der Waals surface area (Å²) in [6, 6.07) is 0. The van der Waals surface area contributed by atoms with Gasteiger partial charge in [-0.1, -0.05) is 19.8 Å². The molecule has 19 heavy (non-hydrogen) atoms. The third-order valence-electron chi connectivity index (χ3n) is 3.34. The molecule has 1 heterocycles. The fraction of sp³-hybridized carbons (Fsp3) is 0.923. The highest BCUT2D eigenvalue weighted by Gasteiger charge is 2.31. The van der Waals surface area contributed by atoms with Gasteiger partial charge >= 0.3 is 6.18 Å². The van der Waals surface area contributed by atoms with Crippen LogP contribution in [0.5, 0.6) is 0 Å². The van der Waals surface area contributed by atoms with E-state index in [1.807, 2.05) is 0 Å². The van der Waals surface area contributed by atoms with E-state index < -0.39 is 12.7 Å². The molecular formula is C13H23F3N2O. The Labute approximate surface area is 112 Å². The molecule has 1 saturated heterocycles. The molecule has 0 aromatic carbocycles. The third-order valence-corrected chi connectivity index (χ3v) is 3.34. The molecule has 3 nitrogen and oxygen atoms in total. The molecule has 112 valence electrons. The lowest BCUT2D eigenvalue weighted by molar-refractivity contribution is -0.145. The molecule has 1 aliphatic heterocycles. The second kappa shape index (κ2) is 7.72. The van der Waals surface area contributed by atoms with Crippen LogP contribution < -0.4 is 0 Å². The van der Waals surface area contributed by atoms with Crippen LogP contribution in [-0.2, 0) is 4.79 Å². The van der Waals surface area contributed by atoms with E-state index in [2.05, 4.69) is 6.92 Å². The van der Waals surface area contributed by atoms with Crippen molar-refractivity contribution in [2.24, 2.45) is 0 Å². The fourth-order valence-corrected chi connectivity index (χ4v) is 2.32. The van der Waals surface area contributed by atoms with Crippen molar-refractivity contribution in [2.75, 3.05) is 32.7 Å². The van der Waals surface area contributed by atoms with Crippen LogP contribution in [0.15, 0.2) is 0 Å². The van der Waals surface area contributed by atoms with Gasteiger partial charge in [0.2, 0.25) is 5.91 Å². The smallest absolute Gasteiger partial charge is 0.341 e. The number of hydrogen-bond donors (Lipinski definition) is 0. The van der Waals surface area contributed by atoms with Crippen LogP contribution in [0.2, 0.25) is 0 Å². The first kappa shape index (κ1) is 16.3. The van der Waals surface area contributed by atoms with Crippen molar-refractivity contribution in [2.45, 2.75) is 45.2 Å². The van der Waals surface area contributed by atoms with Gasteiger partial charge in [0.25, 0.3) is 0 Å². The highest BCUT2D eigenvalue weighted by atomic mass is 19.4. The summed E-state index contributed by atoms with van der Waals surface area (Å²) in [5, 5.41) is 0. The van der Waals surface area contributed by atoms with Gasteiger partial charge < -0.3 is 4.90 Å². The van der Waals surface area contributed by atoms with Crippen LogP contribution in [0.3, 0.4) is 0 Å². The van der Waals surface area contributed by atoms with Gasteiger partial charge in [-0.05, 0) is 12.8 Å². The Kier molecular flexibility index (Phi) is 6.62. The zero-order valence-corrected chi connectivity index (χ0v) is 11.5. The summed E-state index contributed by atoms with van der Waals surface area (Å²) < 4.78 is 36.9. The average molecular weight is 280 g/mol. The number of alkyl halides is 3. The number of unbranched alkanes of at least 4 members (excludes halogenated alkanes) is 2. The predicted octanol–water partition coefficient (Wildman–Crippen LogP) is 2.66. The Hall–Kier alpha value is -0.780. The lowest BCUT2D eigenvalue weighted by atomic mass is 10.2. The first-order valence-corrected chi connectivity index (χ1v) is 6.99. The van der Waals surface area contributed by atoms with E-state index >= 15 is 0 Å². The zero-order chi connectivity index (χ0) is 14.3. The second-order valence-electron chi connectivity index (χ2n) is 5.08. The molecule has 1 fully saturated rings. The number of carbonyl (C=O) groups excluding carboxylic acids is 1. The average Bonchev–Trinajstić information content (AvgIpc) is 2.53.